The Kier molecular flexibility index (Phi) is 67.5. The molecule has 0 N–H and O–H groups in total. The van der Waals surface area contributed by atoms with Crippen molar-refractivity contribution in [1.29, 1.82) is 0 Å². The van der Waals surface area contributed by atoms with Crippen LogP contribution in [0.15, 0.2) is 0 Å². The first-order chi connectivity index (χ1) is 6.56. The Balaban J connectivity index is -0.0000000393. The topological polar surface area (TPSA) is 0 Å². The predicted molar refractivity (Wildman–Crippen MR) is 84.4 cm³/mol. The summed E-state index contributed by atoms with van der Waals surface area (Å²) in [5.41, 5.74) is 0. The van der Waals surface area contributed by atoms with Crippen LogP contribution in [0.4, 0.5) is 0 Å². The van der Waals surface area contributed by atoms with Gasteiger partial charge in [-0.15, -0.1) is 0 Å². The Morgan fingerprint density at radius 2 is 0.812 bits per heavy atom. The predicted octanol–water partition coefficient (Wildman–Crippen LogP) is 7.33. The summed E-state index contributed by atoms with van der Waals surface area (Å²) in [5, 5.41) is 0. The minimum atomic E-state index is 0. The van der Waals surface area contributed by atoms with E-state index in [1.807, 2.05) is 0 Å². The molecule has 0 aromatic carbocycles. The highest BCUT2D eigenvalue weighted by molar-refractivity contribution is 4.35. The standard InChI is InChI=1S/C7H16.C4H10.C3H8.2CH4/c1-3-5-7-6-4-2;1-4(2)3;1-3-2;;/h3-7H2,1-2H3;4H,1-3H3;3H2,1-2H3;2*1H4. The highest BCUT2D eigenvalue weighted by atomic mass is 13.9. The van der Waals surface area contributed by atoms with Gasteiger partial charge in [-0.05, 0) is 5.92 Å². The van der Waals surface area contributed by atoms with Gasteiger partial charge in [0.25, 0.3) is 0 Å². The van der Waals surface area contributed by atoms with Crippen molar-refractivity contribution in [2.45, 2.75) is 102 Å². The van der Waals surface area contributed by atoms with E-state index in [1.165, 1.54) is 38.5 Å². The summed E-state index contributed by atoms with van der Waals surface area (Å²) in [4.78, 5) is 0. The quantitative estimate of drug-likeness (QED) is 0.447. The van der Waals surface area contributed by atoms with Gasteiger partial charge >= 0.3 is 0 Å². The van der Waals surface area contributed by atoms with E-state index in [1.54, 1.807) is 0 Å². The minimum absolute atomic E-state index is 0. The van der Waals surface area contributed by atoms with E-state index >= 15 is 0 Å². The van der Waals surface area contributed by atoms with Crippen molar-refractivity contribution in [1.82, 2.24) is 0 Å². The molecule has 106 valence electrons. The van der Waals surface area contributed by atoms with Crippen LogP contribution in [0.3, 0.4) is 0 Å². The van der Waals surface area contributed by atoms with Gasteiger partial charge in [0.15, 0.2) is 0 Å². The van der Waals surface area contributed by atoms with Crippen LogP contribution >= 0.6 is 0 Å². The molecule has 0 bridgehead atoms. The van der Waals surface area contributed by atoms with Crippen LogP contribution in [0.5, 0.6) is 0 Å². The largest absolute Gasteiger partial charge is 0.0776 e. The van der Waals surface area contributed by atoms with Crippen molar-refractivity contribution in [3.63, 3.8) is 0 Å². The maximum absolute atomic E-state index is 2.25. The third kappa shape index (κ3) is 148. The van der Waals surface area contributed by atoms with Gasteiger partial charge in [0, 0.05) is 0 Å². The van der Waals surface area contributed by atoms with E-state index < -0.39 is 0 Å². The molecule has 0 aromatic rings. The number of unbranched alkanes of at least 4 members (excludes halogenated alkanes) is 4. The molecule has 0 heterocycles. The van der Waals surface area contributed by atoms with E-state index in [9.17, 15) is 0 Å². The van der Waals surface area contributed by atoms with Gasteiger partial charge in [0.2, 0.25) is 0 Å². The van der Waals surface area contributed by atoms with Crippen molar-refractivity contribution in [2.24, 2.45) is 5.92 Å². The van der Waals surface area contributed by atoms with Gasteiger partial charge in [-0.1, -0.05) is 102 Å². The zero-order valence-electron chi connectivity index (χ0n) is 11.8. The lowest BCUT2D eigenvalue weighted by Crippen LogP contribution is -1.70. The summed E-state index contributed by atoms with van der Waals surface area (Å²) in [6.07, 6.45) is 8.26. The SMILES string of the molecule is C.C.CC(C)C.CCC.CCCCCCC. The minimum Gasteiger partial charge on any atom is -0.0776 e. The van der Waals surface area contributed by atoms with Gasteiger partial charge in [0.05, 0.1) is 0 Å². The monoisotopic (exact) mass is 234 g/mol. The molecule has 0 radical (unpaired) electrons. The highest BCUT2D eigenvalue weighted by Gasteiger charge is 1.80. The molecule has 0 atom stereocenters. The summed E-state index contributed by atoms with van der Waals surface area (Å²) in [6, 6.07) is 0. The van der Waals surface area contributed by atoms with Crippen LogP contribution in [0.2, 0.25) is 0 Å². The van der Waals surface area contributed by atoms with E-state index in [4.69, 9.17) is 0 Å². The summed E-state index contributed by atoms with van der Waals surface area (Å²) in [5.74, 6) is 0.833. The molecule has 0 spiro atoms. The molecular formula is C16H42. The average molecular weight is 235 g/mol. The molecule has 16 heavy (non-hydrogen) atoms. The van der Waals surface area contributed by atoms with Gasteiger partial charge in [-0.25, -0.2) is 0 Å². The molecular weight excluding hydrogens is 192 g/mol. The van der Waals surface area contributed by atoms with Crippen LogP contribution in [0.1, 0.15) is 102 Å². The molecule has 0 heteroatoms. The lowest BCUT2D eigenvalue weighted by atomic mass is 10.2. The first kappa shape index (κ1) is 29.8. The molecule has 0 saturated heterocycles. The summed E-state index contributed by atoms with van der Waals surface area (Å²) in [6.45, 7) is 15.2. The average Bonchev–Trinajstić information content (AvgIpc) is 2.06. The van der Waals surface area contributed by atoms with Crippen LogP contribution in [-0.4, -0.2) is 0 Å². The van der Waals surface area contributed by atoms with Crippen molar-refractivity contribution in [2.75, 3.05) is 0 Å². The second-order valence-corrected chi connectivity index (χ2v) is 4.50. The lowest BCUT2D eigenvalue weighted by Gasteiger charge is -1.90. The molecule has 0 rings (SSSR count). The lowest BCUT2D eigenvalue weighted by molar-refractivity contribution is 0.656. The van der Waals surface area contributed by atoms with E-state index in [0.29, 0.717) is 0 Å². The second-order valence-electron chi connectivity index (χ2n) is 4.50. The fraction of sp³-hybridized carbons (Fsp3) is 1.00. The van der Waals surface area contributed by atoms with Crippen molar-refractivity contribution in [3.05, 3.63) is 0 Å². The highest BCUT2D eigenvalue weighted by Crippen LogP contribution is 2.00. The van der Waals surface area contributed by atoms with Crippen molar-refractivity contribution >= 4 is 0 Å². The number of hydrogen-bond acceptors (Lipinski definition) is 0. The van der Waals surface area contributed by atoms with Crippen molar-refractivity contribution in [3.8, 4) is 0 Å². The summed E-state index contributed by atoms with van der Waals surface area (Å²) < 4.78 is 0. The Morgan fingerprint density at radius 1 is 0.625 bits per heavy atom. The Bertz CT molecular complexity index is 48.3. The van der Waals surface area contributed by atoms with E-state index in [0.717, 1.165) is 5.92 Å². The third-order valence-corrected chi connectivity index (χ3v) is 1.21. The summed E-state index contributed by atoms with van der Waals surface area (Å²) in [7, 11) is 0. The van der Waals surface area contributed by atoms with Crippen LogP contribution in [-0.2, 0) is 0 Å². The van der Waals surface area contributed by atoms with E-state index in [-0.39, 0.29) is 14.9 Å². The first-order valence-electron chi connectivity index (χ1n) is 6.56. The van der Waals surface area contributed by atoms with Crippen LogP contribution in [0.25, 0.3) is 0 Å². The molecule has 0 fully saturated rings. The first-order valence-corrected chi connectivity index (χ1v) is 6.56. The Morgan fingerprint density at radius 3 is 0.938 bits per heavy atom. The van der Waals surface area contributed by atoms with Crippen LogP contribution < -0.4 is 0 Å². The fourth-order valence-electron chi connectivity index (χ4n) is 0.677. The Hall–Kier alpha value is 0. The molecule has 0 aromatic heterocycles. The number of hydrogen-bond donors (Lipinski definition) is 0. The fourth-order valence-corrected chi connectivity index (χ4v) is 0.677. The maximum Gasteiger partial charge on any atom is -0.0500 e. The molecule has 0 saturated carbocycles. The van der Waals surface area contributed by atoms with Crippen LogP contribution in [0, 0.1) is 5.92 Å². The third-order valence-electron chi connectivity index (χ3n) is 1.21. The number of rotatable bonds is 4. The van der Waals surface area contributed by atoms with Gasteiger partial charge in [-0.2, -0.15) is 0 Å². The van der Waals surface area contributed by atoms with Crippen molar-refractivity contribution < 1.29 is 0 Å². The molecule has 0 aliphatic heterocycles. The van der Waals surface area contributed by atoms with Gasteiger partial charge < -0.3 is 0 Å². The van der Waals surface area contributed by atoms with Gasteiger partial charge in [0.1, 0.15) is 0 Å². The summed E-state index contributed by atoms with van der Waals surface area (Å²) >= 11 is 0. The Labute approximate surface area is 108 Å². The molecule has 0 amide bonds. The maximum atomic E-state index is 2.25. The normalized spacial score (nSPS) is 7.50. The zero-order chi connectivity index (χ0) is 11.8. The van der Waals surface area contributed by atoms with E-state index in [2.05, 4.69) is 48.5 Å². The zero-order valence-corrected chi connectivity index (χ0v) is 11.8. The molecule has 0 aliphatic rings. The van der Waals surface area contributed by atoms with Gasteiger partial charge in [-0.3, -0.25) is 0 Å². The molecule has 0 aliphatic carbocycles. The molecule has 0 unspecified atom stereocenters. The smallest absolute Gasteiger partial charge is 0.0500 e. The molecule has 0 nitrogen and oxygen atoms in total. The second kappa shape index (κ2) is 36.3.